The Bertz CT molecular complexity index is 332. The third-order valence-corrected chi connectivity index (χ3v) is 4.61. The van der Waals surface area contributed by atoms with E-state index < -0.39 is 0 Å². The predicted molar refractivity (Wildman–Crippen MR) is 76.3 cm³/mol. The zero-order valence-corrected chi connectivity index (χ0v) is 12.0. The van der Waals surface area contributed by atoms with Gasteiger partial charge in [0.25, 0.3) is 0 Å². The molecule has 0 saturated carbocycles. The Kier molecular flexibility index (Phi) is 4.34. The van der Waals surface area contributed by atoms with Gasteiger partial charge < -0.3 is 5.32 Å². The van der Waals surface area contributed by atoms with Crippen molar-refractivity contribution in [2.75, 3.05) is 25.1 Å². The fourth-order valence-electron chi connectivity index (χ4n) is 2.31. The SMILES string of the molecule is CSCCCC1(c2ccc(Br)cc2)CNC1. The lowest BCUT2D eigenvalue weighted by molar-refractivity contribution is 0.256. The van der Waals surface area contributed by atoms with Crippen LogP contribution in [0, 0.1) is 0 Å². The maximum absolute atomic E-state index is 3.50. The number of hydrogen-bond donors (Lipinski definition) is 1. The van der Waals surface area contributed by atoms with E-state index in [0.717, 1.165) is 13.1 Å². The van der Waals surface area contributed by atoms with Gasteiger partial charge in [0.2, 0.25) is 0 Å². The molecule has 0 radical (unpaired) electrons. The van der Waals surface area contributed by atoms with Gasteiger partial charge in [-0.1, -0.05) is 28.1 Å². The van der Waals surface area contributed by atoms with Gasteiger partial charge in [-0.15, -0.1) is 0 Å². The fraction of sp³-hybridized carbons (Fsp3) is 0.538. The van der Waals surface area contributed by atoms with Gasteiger partial charge in [-0.05, 0) is 42.5 Å². The number of thioether (sulfide) groups is 1. The van der Waals surface area contributed by atoms with Crippen molar-refractivity contribution >= 4 is 27.7 Å². The van der Waals surface area contributed by atoms with Gasteiger partial charge >= 0.3 is 0 Å². The van der Waals surface area contributed by atoms with Crippen LogP contribution >= 0.6 is 27.7 Å². The monoisotopic (exact) mass is 299 g/mol. The lowest BCUT2D eigenvalue weighted by atomic mass is 9.72. The maximum atomic E-state index is 3.50. The molecule has 0 atom stereocenters. The fourth-order valence-corrected chi connectivity index (χ4v) is 3.01. The minimum absolute atomic E-state index is 0.413. The van der Waals surface area contributed by atoms with Gasteiger partial charge in [-0.3, -0.25) is 0 Å². The van der Waals surface area contributed by atoms with Crippen LogP contribution in [0.5, 0.6) is 0 Å². The molecule has 0 aromatic heterocycles. The predicted octanol–water partition coefficient (Wildman–Crippen LogP) is 3.43. The Morgan fingerprint density at radius 1 is 1.31 bits per heavy atom. The highest BCUT2D eigenvalue weighted by molar-refractivity contribution is 9.10. The van der Waals surface area contributed by atoms with E-state index in [1.165, 1.54) is 28.6 Å². The summed E-state index contributed by atoms with van der Waals surface area (Å²) in [5.41, 5.74) is 1.91. The van der Waals surface area contributed by atoms with Crippen molar-refractivity contribution in [1.82, 2.24) is 5.32 Å². The zero-order valence-electron chi connectivity index (χ0n) is 9.63. The summed E-state index contributed by atoms with van der Waals surface area (Å²) in [7, 11) is 0. The Morgan fingerprint density at radius 2 is 2.00 bits per heavy atom. The minimum Gasteiger partial charge on any atom is -0.315 e. The summed E-state index contributed by atoms with van der Waals surface area (Å²) in [6.45, 7) is 2.28. The highest BCUT2D eigenvalue weighted by Crippen LogP contribution is 2.34. The molecule has 16 heavy (non-hydrogen) atoms. The molecule has 1 nitrogen and oxygen atoms in total. The molecule has 1 fully saturated rings. The molecule has 0 bridgehead atoms. The lowest BCUT2D eigenvalue weighted by Gasteiger charge is -2.43. The summed E-state index contributed by atoms with van der Waals surface area (Å²) in [5, 5.41) is 3.42. The number of nitrogens with one attached hydrogen (secondary N) is 1. The van der Waals surface area contributed by atoms with Gasteiger partial charge in [-0.2, -0.15) is 11.8 Å². The van der Waals surface area contributed by atoms with Gasteiger partial charge in [0.15, 0.2) is 0 Å². The Balaban J connectivity index is 2.05. The van der Waals surface area contributed by atoms with Crippen LogP contribution < -0.4 is 5.32 Å². The van der Waals surface area contributed by atoms with Crippen molar-refractivity contribution in [1.29, 1.82) is 0 Å². The van der Waals surface area contributed by atoms with E-state index in [1.54, 1.807) is 0 Å². The molecule has 1 aromatic rings. The molecule has 1 N–H and O–H groups in total. The number of rotatable bonds is 5. The van der Waals surface area contributed by atoms with E-state index in [-0.39, 0.29) is 0 Å². The van der Waals surface area contributed by atoms with Crippen molar-refractivity contribution in [3.05, 3.63) is 34.3 Å². The molecule has 1 aliphatic rings. The van der Waals surface area contributed by atoms with E-state index >= 15 is 0 Å². The lowest BCUT2D eigenvalue weighted by Crippen LogP contribution is -2.56. The molecular weight excluding hydrogens is 282 g/mol. The first-order chi connectivity index (χ1) is 7.77. The Hall–Kier alpha value is 0.01000. The van der Waals surface area contributed by atoms with E-state index in [2.05, 4.69) is 51.8 Å². The van der Waals surface area contributed by atoms with Crippen molar-refractivity contribution in [3.8, 4) is 0 Å². The van der Waals surface area contributed by atoms with Gasteiger partial charge in [-0.25, -0.2) is 0 Å². The molecular formula is C13H18BrNS. The van der Waals surface area contributed by atoms with E-state index in [0.29, 0.717) is 5.41 Å². The molecule has 3 heteroatoms. The van der Waals surface area contributed by atoms with E-state index in [1.807, 2.05) is 11.8 Å². The van der Waals surface area contributed by atoms with Gasteiger partial charge in [0.05, 0.1) is 0 Å². The molecule has 0 spiro atoms. The summed E-state index contributed by atoms with van der Waals surface area (Å²) < 4.78 is 1.17. The third kappa shape index (κ3) is 2.63. The number of halogens is 1. The van der Waals surface area contributed by atoms with Gasteiger partial charge in [0, 0.05) is 23.0 Å². The molecule has 2 rings (SSSR count). The molecule has 0 unspecified atom stereocenters. The summed E-state index contributed by atoms with van der Waals surface area (Å²) in [6, 6.07) is 8.85. The van der Waals surface area contributed by atoms with Crippen LogP contribution in [0.25, 0.3) is 0 Å². The molecule has 1 aromatic carbocycles. The van der Waals surface area contributed by atoms with Crippen LogP contribution in [0.2, 0.25) is 0 Å². The first-order valence-electron chi connectivity index (χ1n) is 5.73. The van der Waals surface area contributed by atoms with Crippen molar-refractivity contribution < 1.29 is 0 Å². The average Bonchev–Trinajstić information content (AvgIpc) is 2.24. The highest BCUT2D eigenvalue weighted by atomic mass is 79.9. The van der Waals surface area contributed by atoms with E-state index in [4.69, 9.17) is 0 Å². The van der Waals surface area contributed by atoms with Crippen LogP contribution in [0.3, 0.4) is 0 Å². The largest absolute Gasteiger partial charge is 0.315 e. The molecule has 0 amide bonds. The second-order valence-electron chi connectivity index (χ2n) is 4.49. The first kappa shape index (κ1) is 12.5. The highest BCUT2D eigenvalue weighted by Gasteiger charge is 2.37. The number of hydrogen-bond acceptors (Lipinski definition) is 2. The summed E-state index contributed by atoms with van der Waals surface area (Å²) in [6.07, 6.45) is 4.81. The molecule has 1 aliphatic heterocycles. The normalized spacial score (nSPS) is 18.1. The topological polar surface area (TPSA) is 12.0 Å². The van der Waals surface area contributed by atoms with E-state index in [9.17, 15) is 0 Å². The van der Waals surface area contributed by atoms with Gasteiger partial charge in [0.1, 0.15) is 0 Å². The molecule has 1 heterocycles. The van der Waals surface area contributed by atoms with Crippen molar-refractivity contribution in [3.63, 3.8) is 0 Å². The molecule has 0 aliphatic carbocycles. The Labute approximate surface area is 111 Å². The molecule has 88 valence electrons. The Morgan fingerprint density at radius 3 is 2.50 bits per heavy atom. The van der Waals surface area contributed by atoms with Crippen molar-refractivity contribution in [2.24, 2.45) is 0 Å². The molecule has 1 saturated heterocycles. The first-order valence-corrected chi connectivity index (χ1v) is 7.91. The van der Waals surface area contributed by atoms with Crippen LogP contribution in [0.15, 0.2) is 28.7 Å². The van der Waals surface area contributed by atoms with Crippen LogP contribution in [-0.2, 0) is 5.41 Å². The number of benzene rings is 1. The second kappa shape index (κ2) is 5.56. The third-order valence-electron chi connectivity index (χ3n) is 3.39. The summed E-state index contributed by atoms with van der Waals surface area (Å²) >= 11 is 5.44. The smallest absolute Gasteiger partial charge is 0.0203 e. The average molecular weight is 300 g/mol. The maximum Gasteiger partial charge on any atom is 0.0203 e. The zero-order chi connectivity index (χ0) is 11.4. The standard InChI is InChI=1S/C13H18BrNS/c1-16-8-2-7-13(9-15-10-13)11-3-5-12(14)6-4-11/h3-6,15H,2,7-10H2,1H3. The quantitative estimate of drug-likeness (QED) is 0.836. The van der Waals surface area contributed by atoms with Crippen LogP contribution in [-0.4, -0.2) is 25.1 Å². The van der Waals surface area contributed by atoms with Crippen LogP contribution in [0.4, 0.5) is 0 Å². The summed E-state index contributed by atoms with van der Waals surface area (Å²) in [4.78, 5) is 0. The van der Waals surface area contributed by atoms with Crippen molar-refractivity contribution in [2.45, 2.75) is 18.3 Å². The minimum atomic E-state index is 0.413. The summed E-state index contributed by atoms with van der Waals surface area (Å²) in [5.74, 6) is 1.28. The van der Waals surface area contributed by atoms with Crippen LogP contribution in [0.1, 0.15) is 18.4 Å². The second-order valence-corrected chi connectivity index (χ2v) is 6.39.